The summed E-state index contributed by atoms with van der Waals surface area (Å²) in [5.74, 6) is 1.28. The minimum Gasteiger partial charge on any atom is -0.378 e. The van der Waals surface area contributed by atoms with Gasteiger partial charge in [-0.25, -0.2) is 9.98 Å². The highest BCUT2D eigenvalue weighted by Crippen LogP contribution is 2.26. The summed E-state index contributed by atoms with van der Waals surface area (Å²) in [5.41, 5.74) is 2.72. The number of rotatable bonds is 1. The zero-order chi connectivity index (χ0) is 17.4. The summed E-state index contributed by atoms with van der Waals surface area (Å²) in [6.45, 7) is 6.74. The third-order valence-corrected chi connectivity index (χ3v) is 4.48. The summed E-state index contributed by atoms with van der Waals surface area (Å²) >= 11 is 0. The first kappa shape index (κ1) is 15.8. The van der Waals surface area contributed by atoms with Crippen LogP contribution >= 0.6 is 0 Å². The lowest BCUT2D eigenvalue weighted by Gasteiger charge is -2.34. The Hall–Kier alpha value is -2.67. The van der Waals surface area contributed by atoms with Gasteiger partial charge in [0.1, 0.15) is 0 Å². The van der Waals surface area contributed by atoms with Crippen molar-refractivity contribution in [3.05, 3.63) is 57.5 Å². The number of fused-ring (bicyclic) bond motifs is 1. The van der Waals surface area contributed by atoms with Gasteiger partial charge in [-0.05, 0) is 19.4 Å². The molecule has 0 aliphatic carbocycles. The molecule has 0 radical (unpaired) electrons. The Balaban J connectivity index is 1.82. The minimum atomic E-state index is -0.421. The number of guanidine groups is 1. The van der Waals surface area contributed by atoms with Gasteiger partial charge in [0.2, 0.25) is 11.9 Å². The van der Waals surface area contributed by atoms with Crippen LogP contribution in [0.4, 0.5) is 5.95 Å². The molecule has 7 nitrogen and oxygen atoms in total. The summed E-state index contributed by atoms with van der Waals surface area (Å²) in [6, 6.07) is 9.65. The van der Waals surface area contributed by atoms with E-state index in [1.807, 2.05) is 38.1 Å². The van der Waals surface area contributed by atoms with E-state index in [1.165, 1.54) is 5.56 Å². The van der Waals surface area contributed by atoms with Crippen molar-refractivity contribution in [3.8, 4) is 0 Å². The number of hydrogen-bond acceptors (Lipinski definition) is 6. The number of aliphatic imine (C=N–C) groups is 1. The average molecular weight is 339 g/mol. The number of ether oxygens (including phenoxy) is 1. The monoisotopic (exact) mass is 339 g/mol. The van der Waals surface area contributed by atoms with Gasteiger partial charge in [0, 0.05) is 24.8 Å². The largest absolute Gasteiger partial charge is 0.378 e. The molecule has 3 heterocycles. The highest BCUT2D eigenvalue weighted by molar-refractivity contribution is 5.93. The van der Waals surface area contributed by atoms with Crippen molar-refractivity contribution >= 4 is 11.9 Å². The number of benzene rings is 1. The van der Waals surface area contributed by atoms with E-state index in [1.54, 1.807) is 10.6 Å². The van der Waals surface area contributed by atoms with Gasteiger partial charge in [0.25, 0.3) is 5.56 Å². The Bertz CT molecular complexity index is 866. The normalized spacial score (nSPS) is 19.8. The van der Waals surface area contributed by atoms with Gasteiger partial charge in [-0.2, -0.15) is 0 Å². The molecule has 1 atom stereocenters. The Labute approximate surface area is 146 Å². The molecule has 7 heteroatoms. The third-order valence-electron chi connectivity index (χ3n) is 4.48. The van der Waals surface area contributed by atoms with E-state index in [0.717, 1.165) is 24.6 Å². The fourth-order valence-electron chi connectivity index (χ4n) is 3.13. The second-order valence-electron chi connectivity index (χ2n) is 6.39. The van der Waals surface area contributed by atoms with E-state index in [0.29, 0.717) is 24.9 Å². The molecule has 1 fully saturated rings. The smallest absolute Gasteiger partial charge is 0.257 e. The van der Waals surface area contributed by atoms with Crippen molar-refractivity contribution < 1.29 is 4.74 Å². The molecular formula is C18H21N5O2. The van der Waals surface area contributed by atoms with Crippen LogP contribution in [0, 0.1) is 13.8 Å². The number of anilines is 1. The van der Waals surface area contributed by atoms with Crippen LogP contribution in [0.3, 0.4) is 0 Å². The SMILES string of the molecule is Cc1ccc([C@H]2N=C(N3CCOCC3)Nc3nc(C)cc(=O)n32)cc1. The van der Waals surface area contributed by atoms with Crippen LogP contribution < -0.4 is 10.9 Å². The van der Waals surface area contributed by atoms with Crippen molar-refractivity contribution in [1.29, 1.82) is 0 Å². The highest BCUT2D eigenvalue weighted by atomic mass is 16.5. The predicted octanol–water partition coefficient (Wildman–Crippen LogP) is 1.52. The second kappa shape index (κ2) is 6.33. The number of aryl methyl sites for hydroxylation is 2. The van der Waals surface area contributed by atoms with Crippen LogP contribution in [0.2, 0.25) is 0 Å². The molecule has 2 aliphatic rings. The average Bonchev–Trinajstić information content (AvgIpc) is 2.62. The third kappa shape index (κ3) is 3.02. The van der Waals surface area contributed by atoms with Crippen molar-refractivity contribution in [2.45, 2.75) is 20.0 Å². The van der Waals surface area contributed by atoms with Crippen LogP contribution in [0.5, 0.6) is 0 Å². The van der Waals surface area contributed by atoms with Gasteiger partial charge in [-0.15, -0.1) is 0 Å². The number of nitrogens with one attached hydrogen (secondary N) is 1. The molecule has 1 N–H and O–H groups in total. The first-order chi connectivity index (χ1) is 12.1. The maximum Gasteiger partial charge on any atom is 0.257 e. The van der Waals surface area contributed by atoms with Gasteiger partial charge in [0.05, 0.1) is 13.2 Å². The van der Waals surface area contributed by atoms with E-state index in [2.05, 4.69) is 15.2 Å². The highest BCUT2D eigenvalue weighted by Gasteiger charge is 2.28. The van der Waals surface area contributed by atoms with Crippen molar-refractivity contribution in [2.24, 2.45) is 4.99 Å². The van der Waals surface area contributed by atoms with Crippen LogP contribution in [0.25, 0.3) is 0 Å². The van der Waals surface area contributed by atoms with Crippen LogP contribution in [0.1, 0.15) is 23.0 Å². The minimum absolute atomic E-state index is 0.106. The molecule has 25 heavy (non-hydrogen) atoms. The Morgan fingerprint density at radius 2 is 1.88 bits per heavy atom. The van der Waals surface area contributed by atoms with Gasteiger partial charge in [-0.3, -0.25) is 14.7 Å². The number of morpholine rings is 1. The van der Waals surface area contributed by atoms with Gasteiger partial charge >= 0.3 is 0 Å². The summed E-state index contributed by atoms with van der Waals surface area (Å²) in [7, 11) is 0. The molecule has 0 saturated carbocycles. The quantitative estimate of drug-likeness (QED) is 0.853. The second-order valence-corrected chi connectivity index (χ2v) is 6.39. The Morgan fingerprint density at radius 1 is 1.16 bits per heavy atom. The molecule has 1 saturated heterocycles. The van der Waals surface area contributed by atoms with Crippen LogP contribution in [0.15, 0.2) is 40.1 Å². The van der Waals surface area contributed by atoms with Crippen LogP contribution in [-0.2, 0) is 4.74 Å². The maximum atomic E-state index is 12.6. The van der Waals surface area contributed by atoms with E-state index >= 15 is 0 Å². The Kier molecular flexibility index (Phi) is 4.01. The van der Waals surface area contributed by atoms with Crippen molar-refractivity contribution in [1.82, 2.24) is 14.5 Å². The first-order valence-electron chi connectivity index (χ1n) is 8.46. The van der Waals surface area contributed by atoms with Gasteiger partial charge < -0.3 is 9.64 Å². The number of hydrogen-bond donors (Lipinski definition) is 1. The molecule has 0 amide bonds. The lowest BCUT2D eigenvalue weighted by Crippen LogP contribution is -2.47. The molecular weight excluding hydrogens is 318 g/mol. The van der Waals surface area contributed by atoms with E-state index in [-0.39, 0.29) is 5.56 Å². The summed E-state index contributed by atoms with van der Waals surface area (Å²) < 4.78 is 7.04. The fraction of sp³-hybridized carbons (Fsp3) is 0.389. The lowest BCUT2D eigenvalue weighted by molar-refractivity contribution is 0.0675. The molecule has 2 aromatic rings. The topological polar surface area (TPSA) is 71.8 Å². The van der Waals surface area contributed by atoms with E-state index in [4.69, 9.17) is 9.73 Å². The summed E-state index contributed by atoms with van der Waals surface area (Å²) in [6.07, 6.45) is -0.421. The lowest BCUT2D eigenvalue weighted by atomic mass is 10.1. The molecule has 0 unspecified atom stereocenters. The zero-order valence-electron chi connectivity index (χ0n) is 14.4. The molecule has 1 aromatic carbocycles. The van der Waals surface area contributed by atoms with Crippen molar-refractivity contribution in [2.75, 3.05) is 31.6 Å². The first-order valence-corrected chi connectivity index (χ1v) is 8.46. The molecule has 130 valence electrons. The van der Waals surface area contributed by atoms with E-state index in [9.17, 15) is 4.79 Å². The van der Waals surface area contributed by atoms with Gasteiger partial charge in [0.15, 0.2) is 6.17 Å². The summed E-state index contributed by atoms with van der Waals surface area (Å²) in [4.78, 5) is 24.1. The van der Waals surface area contributed by atoms with E-state index < -0.39 is 6.17 Å². The maximum absolute atomic E-state index is 12.6. The number of nitrogens with zero attached hydrogens (tertiary/aromatic N) is 4. The standard InChI is InChI=1S/C18H21N5O2/c1-12-3-5-14(6-4-12)16-20-17(22-7-9-25-10-8-22)21-18-19-13(2)11-15(24)23(16)18/h3-6,11,16H,7-10H2,1-2H3,(H,19,20,21)/t16-/m0/s1. The molecule has 0 spiro atoms. The Morgan fingerprint density at radius 3 is 2.60 bits per heavy atom. The van der Waals surface area contributed by atoms with Crippen LogP contribution in [-0.4, -0.2) is 46.7 Å². The fourth-order valence-corrected chi connectivity index (χ4v) is 3.13. The number of aromatic nitrogens is 2. The summed E-state index contributed by atoms with van der Waals surface area (Å²) in [5, 5.41) is 3.23. The molecule has 1 aromatic heterocycles. The molecule has 0 bridgehead atoms. The van der Waals surface area contributed by atoms with Crippen molar-refractivity contribution in [3.63, 3.8) is 0 Å². The van der Waals surface area contributed by atoms with Gasteiger partial charge in [-0.1, -0.05) is 29.8 Å². The molecule has 2 aliphatic heterocycles. The zero-order valence-corrected chi connectivity index (χ0v) is 14.4. The molecule has 4 rings (SSSR count). The predicted molar refractivity (Wildman–Crippen MR) is 96.0 cm³/mol.